The van der Waals surface area contributed by atoms with Crippen molar-refractivity contribution in [3.63, 3.8) is 0 Å². The zero-order valence-electron chi connectivity index (χ0n) is 16.6. The Morgan fingerprint density at radius 1 is 1.18 bits per heavy atom. The number of hydrogen-bond acceptors (Lipinski definition) is 3. The Labute approximate surface area is 171 Å². The van der Waals surface area contributed by atoms with E-state index in [0.717, 1.165) is 11.1 Å². The van der Waals surface area contributed by atoms with Crippen LogP contribution in [0.2, 0.25) is 5.02 Å². The molecule has 0 fully saturated rings. The lowest BCUT2D eigenvalue weighted by atomic mass is 10.1. The average molecular weight is 403 g/mol. The summed E-state index contributed by atoms with van der Waals surface area (Å²) in [5, 5.41) is 3.27. The first-order valence-corrected chi connectivity index (χ1v) is 9.73. The fourth-order valence-electron chi connectivity index (χ4n) is 2.89. The summed E-state index contributed by atoms with van der Waals surface area (Å²) in [5.41, 5.74) is 2.12. The van der Waals surface area contributed by atoms with Crippen molar-refractivity contribution in [3.8, 4) is 5.75 Å². The molecular formula is C22H27ClN2O3. The molecule has 2 amide bonds. The third kappa shape index (κ3) is 6.57. The van der Waals surface area contributed by atoms with Crippen LogP contribution in [0, 0.1) is 6.92 Å². The van der Waals surface area contributed by atoms with E-state index >= 15 is 0 Å². The van der Waals surface area contributed by atoms with Gasteiger partial charge in [0.15, 0.2) is 0 Å². The molecule has 5 nitrogen and oxygen atoms in total. The number of benzene rings is 2. The van der Waals surface area contributed by atoms with E-state index in [1.165, 1.54) is 0 Å². The van der Waals surface area contributed by atoms with Gasteiger partial charge in [-0.05, 0) is 50.1 Å². The summed E-state index contributed by atoms with van der Waals surface area (Å²) < 4.78 is 5.65. The third-order valence-electron chi connectivity index (χ3n) is 4.47. The zero-order valence-corrected chi connectivity index (χ0v) is 17.3. The van der Waals surface area contributed by atoms with Crippen molar-refractivity contribution in [1.82, 2.24) is 10.2 Å². The van der Waals surface area contributed by atoms with Gasteiger partial charge in [0.05, 0.1) is 6.61 Å². The summed E-state index contributed by atoms with van der Waals surface area (Å²) in [7, 11) is 1.58. The molecule has 0 spiro atoms. The molecule has 0 bridgehead atoms. The summed E-state index contributed by atoms with van der Waals surface area (Å²) in [6.07, 6.45) is 0.868. The van der Waals surface area contributed by atoms with Crippen LogP contribution < -0.4 is 10.1 Å². The average Bonchev–Trinajstić information content (AvgIpc) is 2.69. The number of carbonyl (C=O) groups excluding carboxylic acids is 2. The standard InChI is InChI=1S/C22H27ClN2O3/c1-16-6-4-7-18(14-16)15-25(17(2)22(27)24-3)21(26)8-5-13-28-20-11-9-19(23)10-12-20/h4,6-7,9-12,14,17H,5,8,13,15H2,1-3H3,(H,24,27). The first-order chi connectivity index (χ1) is 13.4. The predicted molar refractivity (Wildman–Crippen MR) is 111 cm³/mol. The van der Waals surface area contributed by atoms with E-state index in [2.05, 4.69) is 5.32 Å². The SMILES string of the molecule is CNC(=O)C(C)N(Cc1cccc(C)c1)C(=O)CCCOc1ccc(Cl)cc1. The van der Waals surface area contributed by atoms with Gasteiger partial charge < -0.3 is 15.0 Å². The first-order valence-electron chi connectivity index (χ1n) is 9.35. The molecular weight excluding hydrogens is 376 g/mol. The van der Waals surface area contributed by atoms with E-state index in [-0.39, 0.29) is 11.8 Å². The van der Waals surface area contributed by atoms with E-state index in [9.17, 15) is 9.59 Å². The number of hydrogen-bond donors (Lipinski definition) is 1. The normalized spacial score (nSPS) is 11.6. The molecule has 0 aliphatic carbocycles. The van der Waals surface area contributed by atoms with Crippen molar-refractivity contribution in [2.24, 2.45) is 0 Å². The van der Waals surface area contributed by atoms with Crippen LogP contribution in [0.25, 0.3) is 0 Å². The molecule has 0 aliphatic heterocycles. The molecule has 1 N–H and O–H groups in total. The van der Waals surface area contributed by atoms with Gasteiger partial charge in [-0.1, -0.05) is 41.4 Å². The Balaban J connectivity index is 1.95. The van der Waals surface area contributed by atoms with E-state index < -0.39 is 6.04 Å². The number of carbonyl (C=O) groups is 2. The minimum absolute atomic E-state index is 0.0719. The van der Waals surface area contributed by atoms with E-state index in [1.807, 2.05) is 31.2 Å². The van der Waals surface area contributed by atoms with Crippen molar-refractivity contribution in [3.05, 3.63) is 64.7 Å². The summed E-state index contributed by atoms with van der Waals surface area (Å²) >= 11 is 5.85. The zero-order chi connectivity index (χ0) is 20.5. The number of aryl methyl sites for hydroxylation is 1. The molecule has 6 heteroatoms. The first kappa shape index (κ1) is 21.8. The number of rotatable bonds is 9. The van der Waals surface area contributed by atoms with Crippen molar-refractivity contribution in [2.45, 2.75) is 39.3 Å². The van der Waals surface area contributed by atoms with Gasteiger partial charge in [0.1, 0.15) is 11.8 Å². The lowest BCUT2D eigenvalue weighted by Gasteiger charge is -2.28. The molecule has 1 atom stereocenters. The number of nitrogens with zero attached hydrogens (tertiary/aromatic N) is 1. The van der Waals surface area contributed by atoms with E-state index in [4.69, 9.17) is 16.3 Å². The van der Waals surface area contributed by atoms with Crippen LogP contribution in [0.1, 0.15) is 30.9 Å². The van der Waals surface area contributed by atoms with Gasteiger partial charge in [-0.15, -0.1) is 0 Å². The predicted octanol–water partition coefficient (Wildman–Crippen LogP) is 3.97. The molecule has 0 aromatic heterocycles. The third-order valence-corrected chi connectivity index (χ3v) is 4.72. The van der Waals surface area contributed by atoms with Gasteiger partial charge in [-0.2, -0.15) is 0 Å². The van der Waals surface area contributed by atoms with Crippen LogP contribution in [-0.4, -0.2) is 36.4 Å². The lowest BCUT2D eigenvalue weighted by molar-refractivity contribution is -0.140. The number of ether oxygens (including phenoxy) is 1. The highest BCUT2D eigenvalue weighted by molar-refractivity contribution is 6.30. The van der Waals surface area contributed by atoms with Gasteiger partial charge in [0, 0.05) is 25.0 Å². The largest absolute Gasteiger partial charge is 0.494 e. The molecule has 150 valence electrons. The Morgan fingerprint density at radius 3 is 2.54 bits per heavy atom. The van der Waals surface area contributed by atoms with Crippen molar-refractivity contribution in [1.29, 1.82) is 0 Å². The minimum Gasteiger partial charge on any atom is -0.494 e. The molecule has 0 saturated heterocycles. The number of halogens is 1. The second-order valence-corrected chi connectivity index (χ2v) is 7.14. The van der Waals surface area contributed by atoms with E-state index in [1.54, 1.807) is 43.1 Å². The Kier molecular flexibility index (Phi) is 8.33. The number of nitrogens with one attached hydrogen (secondary N) is 1. The molecule has 0 saturated carbocycles. The van der Waals surface area contributed by atoms with Crippen LogP contribution in [0.15, 0.2) is 48.5 Å². The molecule has 1 unspecified atom stereocenters. The van der Waals surface area contributed by atoms with Gasteiger partial charge in [-0.25, -0.2) is 0 Å². The van der Waals surface area contributed by atoms with E-state index in [0.29, 0.717) is 36.8 Å². The number of amides is 2. The van der Waals surface area contributed by atoms with Crippen molar-refractivity contribution >= 4 is 23.4 Å². The highest BCUT2D eigenvalue weighted by Gasteiger charge is 2.25. The summed E-state index contributed by atoms with van der Waals surface area (Å²) in [6, 6.07) is 14.5. The van der Waals surface area contributed by atoms with Gasteiger partial charge >= 0.3 is 0 Å². The minimum atomic E-state index is -0.546. The highest BCUT2D eigenvalue weighted by atomic mass is 35.5. The van der Waals surface area contributed by atoms with Crippen LogP contribution in [0.3, 0.4) is 0 Å². The lowest BCUT2D eigenvalue weighted by Crippen LogP contribution is -2.46. The van der Waals surface area contributed by atoms with Crippen LogP contribution >= 0.6 is 11.6 Å². The Hall–Kier alpha value is -2.53. The molecule has 0 aliphatic rings. The maximum Gasteiger partial charge on any atom is 0.242 e. The number of likely N-dealkylation sites (N-methyl/N-ethyl adjacent to an activating group) is 1. The Morgan fingerprint density at radius 2 is 1.89 bits per heavy atom. The van der Waals surface area contributed by atoms with Gasteiger partial charge in [0.2, 0.25) is 11.8 Å². The quantitative estimate of drug-likeness (QED) is 0.645. The van der Waals surface area contributed by atoms with Crippen LogP contribution in [0.4, 0.5) is 0 Å². The molecule has 0 heterocycles. The van der Waals surface area contributed by atoms with Crippen LogP contribution in [0.5, 0.6) is 5.75 Å². The van der Waals surface area contributed by atoms with Crippen molar-refractivity contribution in [2.75, 3.05) is 13.7 Å². The van der Waals surface area contributed by atoms with Crippen LogP contribution in [-0.2, 0) is 16.1 Å². The Bertz CT molecular complexity index is 793. The molecule has 2 aromatic carbocycles. The highest BCUT2D eigenvalue weighted by Crippen LogP contribution is 2.17. The smallest absolute Gasteiger partial charge is 0.242 e. The topological polar surface area (TPSA) is 58.6 Å². The monoisotopic (exact) mass is 402 g/mol. The molecule has 0 radical (unpaired) electrons. The summed E-state index contributed by atoms with van der Waals surface area (Å²) in [6.45, 7) is 4.57. The van der Waals surface area contributed by atoms with Crippen molar-refractivity contribution < 1.29 is 14.3 Å². The fourth-order valence-corrected chi connectivity index (χ4v) is 3.01. The molecule has 2 aromatic rings. The second-order valence-electron chi connectivity index (χ2n) is 6.71. The summed E-state index contributed by atoms with van der Waals surface area (Å²) in [5.74, 6) is 0.461. The molecule has 2 rings (SSSR count). The van der Waals surface area contributed by atoms with Gasteiger partial charge in [0.25, 0.3) is 0 Å². The molecule has 28 heavy (non-hydrogen) atoms. The maximum absolute atomic E-state index is 12.8. The fraction of sp³-hybridized carbons (Fsp3) is 0.364. The summed E-state index contributed by atoms with van der Waals surface area (Å²) in [4.78, 5) is 26.6. The maximum atomic E-state index is 12.8. The second kappa shape index (κ2) is 10.7. The van der Waals surface area contributed by atoms with Gasteiger partial charge in [-0.3, -0.25) is 9.59 Å².